The molecule has 0 bridgehead atoms. The summed E-state index contributed by atoms with van der Waals surface area (Å²) in [5.41, 5.74) is 1.42. The maximum absolute atomic E-state index is 12.9. The molecule has 2 amide bonds. The van der Waals surface area contributed by atoms with Crippen molar-refractivity contribution in [1.82, 2.24) is 10.2 Å². The van der Waals surface area contributed by atoms with Gasteiger partial charge in [-0.25, -0.2) is 9.59 Å². The summed E-state index contributed by atoms with van der Waals surface area (Å²) in [6.07, 6.45) is 5.67. The molecule has 1 aliphatic carbocycles. The van der Waals surface area contributed by atoms with Gasteiger partial charge in [-0.2, -0.15) is 0 Å². The molecule has 1 spiro atoms. The molecule has 1 aromatic carbocycles. The summed E-state index contributed by atoms with van der Waals surface area (Å²) in [7, 11) is 0. The van der Waals surface area contributed by atoms with Crippen molar-refractivity contribution in [1.29, 1.82) is 0 Å². The van der Waals surface area contributed by atoms with Gasteiger partial charge in [0.25, 0.3) is 0 Å². The Balaban J connectivity index is 1.40. The molecular formula is C20H26N2O4. The van der Waals surface area contributed by atoms with E-state index >= 15 is 0 Å². The monoisotopic (exact) mass is 358 g/mol. The summed E-state index contributed by atoms with van der Waals surface area (Å²) in [4.78, 5) is 25.8. The van der Waals surface area contributed by atoms with Crippen LogP contribution in [-0.4, -0.2) is 47.8 Å². The van der Waals surface area contributed by atoms with Crippen LogP contribution >= 0.6 is 0 Å². The van der Waals surface area contributed by atoms with Crippen molar-refractivity contribution in [2.24, 2.45) is 11.3 Å². The molecule has 0 aromatic heterocycles. The quantitative estimate of drug-likeness (QED) is 0.871. The third-order valence-electron chi connectivity index (χ3n) is 6.55. The summed E-state index contributed by atoms with van der Waals surface area (Å²) < 4.78 is 5.57. The second-order valence-corrected chi connectivity index (χ2v) is 7.87. The Morgan fingerprint density at radius 1 is 1.19 bits per heavy atom. The van der Waals surface area contributed by atoms with Gasteiger partial charge < -0.3 is 20.1 Å². The van der Waals surface area contributed by atoms with E-state index in [0.29, 0.717) is 18.5 Å². The summed E-state index contributed by atoms with van der Waals surface area (Å²) in [6.45, 7) is 2.89. The molecule has 140 valence electrons. The molecule has 6 nitrogen and oxygen atoms in total. The van der Waals surface area contributed by atoms with Gasteiger partial charge in [-0.3, -0.25) is 0 Å². The maximum atomic E-state index is 12.9. The Kier molecular flexibility index (Phi) is 4.61. The normalized spacial score (nSPS) is 26.7. The number of aromatic carboxylic acids is 1. The van der Waals surface area contributed by atoms with Crippen LogP contribution in [-0.2, 0) is 11.3 Å². The number of carbonyl (C=O) groups excluding carboxylic acids is 1. The highest BCUT2D eigenvalue weighted by Gasteiger charge is 2.55. The van der Waals surface area contributed by atoms with E-state index in [1.165, 1.54) is 12.8 Å². The van der Waals surface area contributed by atoms with E-state index in [4.69, 9.17) is 9.84 Å². The first-order valence-electron chi connectivity index (χ1n) is 9.53. The lowest BCUT2D eigenvalue weighted by Gasteiger charge is -2.37. The van der Waals surface area contributed by atoms with Crippen molar-refractivity contribution in [3.05, 3.63) is 35.4 Å². The highest BCUT2D eigenvalue weighted by atomic mass is 16.5. The molecule has 0 unspecified atom stereocenters. The number of rotatable bonds is 3. The molecule has 3 aliphatic rings. The highest BCUT2D eigenvalue weighted by Crippen LogP contribution is 2.53. The van der Waals surface area contributed by atoms with Crippen LogP contribution in [0.4, 0.5) is 4.79 Å². The van der Waals surface area contributed by atoms with Gasteiger partial charge in [-0.15, -0.1) is 0 Å². The van der Waals surface area contributed by atoms with E-state index in [2.05, 4.69) is 10.2 Å². The number of amides is 2. The van der Waals surface area contributed by atoms with Gasteiger partial charge in [0.05, 0.1) is 5.56 Å². The Bertz CT molecular complexity index is 682. The molecule has 1 saturated carbocycles. The van der Waals surface area contributed by atoms with Gasteiger partial charge in [-0.05, 0) is 54.7 Å². The minimum absolute atomic E-state index is 0.00702. The average Bonchev–Trinajstić information content (AvgIpc) is 3.25. The molecule has 2 heterocycles. The van der Waals surface area contributed by atoms with E-state index in [0.717, 1.165) is 44.6 Å². The first kappa shape index (κ1) is 17.3. The van der Waals surface area contributed by atoms with Gasteiger partial charge in [0, 0.05) is 32.3 Å². The molecule has 2 saturated heterocycles. The maximum Gasteiger partial charge on any atom is 0.335 e. The van der Waals surface area contributed by atoms with Gasteiger partial charge in [0.1, 0.15) is 0 Å². The number of benzene rings is 1. The molecule has 2 N–H and O–H groups in total. The van der Waals surface area contributed by atoms with Crippen LogP contribution in [0.15, 0.2) is 24.3 Å². The zero-order valence-electron chi connectivity index (χ0n) is 14.9. The minimum atomic E-state index is -0.938. The Labute approximate surface area is 153 Å². The van der Waals surface area contributed by atoms with E-state index < -0.39 is 5.97 Å². The molecule has 0 radical (unpaired) electrons. The predicted octanol–water partition coefficient (Wildman–Crippen LogP) is 2.88. The summed E-state index contributed by atoms with van der Waals surface area (Å²) in [5, 5.41) is 12.0. The minimum Gasteiger partial charge on any atom is -0.478 e. The fourth-order valence-corrected chi connectivity index (χ4v) is 5.18. The average molecular weight is 358 g/mol. The highest BCUT2D eigenvalue weighted by molar-refractivity contribution is 5.87. The number of nitrogens with zero attached hydrogens (tertiary/aromatic N) is 1. The van der Waals surface area contributed by atoms with Gasteiger partial charge in [0.2, 0.25) is 0 Å². The molecular weight excluding hydrogens is 332 g/mol. The van der Waals surface area contributed by atoms with Crippen molar-refractivity contribution >= 4 is 12.0 Å². The lowest BCUT2D eigenvalue weighted by molar-refractivity contribution is -0.000409. The Hall–Kier alpha value is -2.08. The Morgan fingerprint density at radius 3 is 2.62 bits per heavy atom. The standard InChI is InChI=1S/C20H26N2O4/c23-18(24)15-6-4-14(5-7-15)12-21-19(25)22-13-20(8-10-26-11-9-20)16-2-1-3-17(16)22/h4-7,16-17H,1-3,8-13H2,(H,21,25)(H,23,24)/t16-,17+/m1/s1. The van der Waals surface area contributed by atoms with E-state index in [9.17, 15) is 9.59 Å². The van der Waals surface area contributed by atoms with Gasteiger partial charge >= 0.3 is 12.0 Å². The first-order valence-corrected chi connectivity index (χ1v) is 9.53. The largest absolute Gasteiger partial charge is 0.478 e. The zero-order chi connectivity index (χ0) is 18.1. The zero-order valence-corrected chi connectivity index (χ0v) is 14.9. The lowest BCUT2D eigenvalue weighted by Crippen LogP contribution is -2.43. The molecule has 2 aliphatic heterocycles. The fourth-order valence-electron chi connectivity index (χ4n) is 5.18. The van der Waals surface area contributed by atoms with Crippen LogP contribution in [0.25, 0.3) is 0 Å². The smallest absolute Gasteiger partial charge is 0.335 e. The Morgan fingerprint density at radius 2 is 1.92 bits per heavy atom. The van der Waals surface area contributed by atoms with Crippen molar-refractivity contribution in [3.63, 3.8) is 0 Å². The molecule has 1 aromatic rings. The van der Waals surface area contributed by atoms with Crippen molar-refractivity contribution < 1.29 is 19.4 Å². The fraction of sp³-hybridized carbons (Fsp3) is 0.600. The van der Waals surface area contributed by atoms with Crippen LogP contribution < -0.4 is 5.32 Å². The second kappa shape index (κ2) is 6.91. The number of carboxylic acid groups (broad SMARTS) is 1. The number of hydrogen-bond acceptors (Lipinski definition) is 3. The molecule has 4 rings (SSSR count). The second-order valence-electron chi connectivity index (χ2n) is 7.87. The molecule has 26 heavy (non-hydrogen) atoms. The van der Waals surface area contributed by atoms with Crippen molar-refractivity contribution in [2.75, 3.05) is 19.8 Å². The number of nitrogens with one attached hydrogen (secondary N) is 1. The summed E-state index contributed by atoms with van der Waals surface area (Å²) in [6, 6.07) is 7.03. The van der Waals surface area contributed by atoms with E-state index in [-0.39, 0.29) is 17.0 Å². The third-order valence-corrected chi connectivity index (χ3v) is 6.55. The lowest BCUT2D eigenvalue weighted by atomic mass is 9.71. The summed E-state index contributed by atoms with van der Waals surface area (Å²) in [5.74, 6) is -0.321. The first-order chi connectivity index (χ1) is 12.6. The number of carbonyl (C=O) groups is 2. The van der Waals surface area contributed by atoms with E-state index in [1.807, 2.05) is 0 Å². The van der Waals surface area contributed by atoms with Crippen LogP contribution in [0.3, 0.4) is 0 Å². The van der Waals surface area contributed by atoms with Crippen LogP contribution in [0.5, 0.6) is 0 Å². The van der Waals surface area contributed by atoms with Crippen LogP contribution in [0.1, 0.15) is 48.0 Å². The number of carboxylic acids is 1. The molecule has 6 heteroatoms. The number of hydrogen-bond donors (Lipinski definition) is 2. The van der Waals surface area contributed by atoms with Gasteiger partial charge in [-0.1, -0.05) is 18.6 Å². The molecule has 2 atom stereocenters. The van der Waals surface area contributed by atoms with Crippen LogP contribution in [0, 0.1) is 11.3 Å². The van der Waals surface area contributed by atoms with Crippen molar-refractivity contribution in [2.45, 2.75) is 44.7 Å². The summed E-state index contributed by atoms with van der Waals surface area (Å²) >= 11 is 0. The van der Waals surface area contributed by atoms with Crippen molar-refractivity contribution in [3.8, 4) is 0 Å². The van der Waals surface area contributed by atoms with Crippen LogP contribution in [0.2, 0.25) is 0 Å². The topological polar surface area (TPSA) is 78.9 Å². The number of likely N-dealkylation sites (tertiary alicyclic amines) is 1. The number of fused-ring (bicyclic) bond motifs is 2. The predicted molar refractivity (Wildman–Crippen MR) is 96.0 cm³/mol. The third kappa shape index (κ3) is 3.07. The molecule has 3 fully saturated rings. The van der Waals surface area contributed by atoms with E-state index in [1.54, 1.807) is 24.3 Å². The van der Waals surface area contributed by atoms with Gasteiger partial charge in [0.15, 0.2) is 0 Å². The number of urea groups is 1. The SMILES string of the molecule is O=C(O)c1ccc(CNC(=O)N2CC3(CCOCC3)[C@@H]3CCC[C@@H]32)cc1. The number of ether oxygens (including phenoxy) is 1.